The fraction of sp³-hybridized carbons (Fsp3) is 0.250. The number of nitrogens with one attached hydrogen (secondary N) is 2. The molecule has 0 aromatic heterocycles. The van der Waals surface area contributed by atoms with Crippen LogP contribution >= 0.6 is 0 Å². The molecule has 1 aliphatic carbocycles. The summed E-state index contributed by atoms with van der Waals surface area (Å²) in [5.74, 6) is 0.134. The van der Waals surface area contributed by atoms with E-state index in [1.54, 1.807) is 0 Å². The van der Waals surface area contributed by atoms with Crippen molar-refractivity contribution in [2.75, 3.05) is 26.2 Å². The highest BCUT2D eigenvalue weighted by Gasteiger charge is 2.28. The maximum absolute atomic E-state index is 11.9. The second-order valence-electron chi connectivity index (χ2n) is 6.00. The van der Waals surface area contributed by atoms with Crippen LogP contribution in [0.3, 0.4) is 0 Å². The largest absolute Gasteiger partial charge is 0.512 e. The Bertz CT molecular complexity index is 728. The van der Waals surface area contributed by atoms with Gasteiger partial charge in [0.15, 0.2) is 0 Å². The first-order valence-electron chi connectivity index (χ1n) is 8.33. The molecule has 3 N–H and O–H groups in total. The van der Waals surface area contributed by atoms with Crippen molar-refractivity contribution in [2.24, 2.45) is 0 Å². The van der Waals surface area contributed by atoms with E-state index < -0.39 is 6.09 Å². The minimum Gasteiger partial charge on any atom is -0.512 e. The van der Waals surface area contributed by atoms with Gasteiger partial charge >= 0.3 is 6.09 Å². The van der Waals surface area contributed by atoms with Crippen LogP contribution in [-0.4, -0.2) is 37.4 Å². The Labute approximate surface area is 147 Å². The quantitative estimate of drug-likeness (QED) is 0.536. The molecule has 0 unspecified atom stereocenters. The molecule has 2 aromatic rings. The first kappa shape index (κ1) is 17.0. The van der Waals surface area contributed by atoms with Crippen molar-refractivity contribution >= 4 is 6.09 Å². The van der Waals surface area contributed by atoms with E-state index in [4.69, 9.17) is 9.84 Å². The van der Waals surface area contributed by atoms with E-state index in [2.05, 4.69) is 41.5 Å². The van der Waals surface area contributed by atoms with Gasteiger partial charge in [-0.15, -0.1) is 0 Å². The van der Waals surface area contributed by atoms with Gasteiger partial charge in [-0.2, -0.15) is 0 Å². The topological polar surface area (TPSA) is 70.6 Å². The first-order valence-corrected chi connectivity index (χ1v) is 8.33. The lowest BCUT2D eigenvalue weighted by Crippen LogP contribution is -2.33. The fourth-order valence-electron chi connectivity index (χ4n) is 3.14. The SMILES string of the molecule is C=C(O)CNCCNC(=O)OCC1c2ccccc2-c2ccccc21. The molecule has 0 atom stereocenters. The van der Waals surface area contributed by atoms with Gasteiger partial charge in [-0.05, 0) is 22.3 Å². The van der Waals surface area contributed by atoms with Crippen LogP contribution in [0.1, 0.15) is 17.0 Å². The summed E-state index contributed by atoms with van der Waals surface area (Å²) in [6.45, 7) is 4.95. The molecule has 0 saturated carbocycles. The van der Waals surface area contributed by atoms with Gasteiger partial charge in [0.2, 0.25) is 0 Å². The molecular formula is C20H22N2O3. The average molecular weight is 338 g/mol. The summed E-state index contributed by atoms with van der Waals surface area (Å²) >= 11 is 0. The molecule has 0 spiro atoms. The summed E-state index contributed by atoms with van der Waals surface area (Å²) < 4.78 is 5.42. The molecule has 1 amide bonds. The van der Waals surface area contributed by atoms with E-state index in [0.29, 0.717) is 26.2 Å². The van der Waals surface area contributed by atoms with Crippen molar-refractivity contribution in [3.8, 4) is 11.1 Å². The number of carbonyl (C=O) groups excluding carboxylic acids is 1. The molecule has 0 fully saturated rings. The predicted molar refractivity (Wildman–Crippen MR) is 97.7 cm³/mol. The van der Waals surface area contributed by atoms with Gasteiger partial charge in [0.1, 0.15) is 6.61 Å². The van der Waals surface area contributed by atoms with Crippen molar-refractivity contribution < 1.29 is 14.6 Å². The van der Waals surface area contributed by atoms with Gasteiger partial charge < -0.3 is 20.5 Å². The zero-order valence-corrected chi connectivity index (χ0v) is 14.0. The molecule has 5 heteroatoms. The summed E-state index contributed by atoms with van der Waals surface area (Å²) in [5.41, 5.74) is 4.81. The molecule has 5 nitrogen and oxygen atoms in total. The Balaban J connectivity index is 1.55. The molecule has 1 aliphatic rings. The molecule has 0 radical (unpaired) electrons. The van der Waals surface area contributed by atoms with E-state index >= 15 is 0 Å². The van der Waals surface area contributed by atoms with Crippen LogP contribution in [0.15, 0.2) is 60.9 Å². The van der Waals surface area contributed by atoms with E-state index in [0.717, 1.165) is 0 Å². The highest BCUT2D eigenvalue weighted by atomic mass is 16.5. The number of carbonyl (C=O) groups is 1. The molecule has 25 heavy (non-hydrogen) atoms. The molecule has 0 bridgehead atoms. The van der Waals surface area contributed by atoms with Crippen LogP contribution in [0.5, 0.6) is 0 Å². The second kappa shape index (κ2) is 7.85. The number of amides is 1. The van der Waals surface area contributed by atoms with Crippen molar-refractivity contribution in [1.29, 1.82) is 0 Å². The number of aliphatic hydroxyl groups is 1. The van der Waals surface area contributed by atoms with E-state index in [9.17, 15) is 4.79 Å². The fourth-order valence-corrected chi connectivity index (χ4v) is 3.14. The maximum Gasteiger partial charge on any atom is 0.407 e. The minimum absolute atomic E-state index is 0.0639. The smallest absolute Gasteiger partial charge is 0.407 e. The second-order valence-corrected chi connectivity index (χ2v) is 6.00. The van der Waals surface area contributed by atoms with Crippen LogP contribution in [0, 0.1) is 0 Å². The average Bonchev–Trinajstić information content (AvgIpc) is 2.93. The van der Waals surface area contributed by atoms with Gasteiger partial charge in [0, 0.05) is 19.0 Å². The van der Waals surface area contributed by atoms with E-state index in [1.807, 2.05) is 24.3 Å². The normalized spacial score (nSPS) is 12.3. The Kier molecular flexibility index (Phi) is 5.36. The maximum atomic E-state index is 11.9. The molecule has 3 rings (SSSR count). The van der Waals surface area contributed by atoms with Crippen LogP contribution in [0.2, 0.25) is 0 Å². The Hall–Kier alpha value is -2.79. The summed E-state index contributed by atoms with van der Waals surface area (Å²) in [5, 5.41) is 14.6. The number of alkyl carbamates (subject to hydrolysis) is 1. The third-order valence-electron chi connectivity index (χ3n) is 4.24. The number of fused-ring (bicyclic) bond motifs is 3. The van der Waals surface area contributed by atoms with Gasteiger partial charge in [-0.1, -0.05) is 55.1 Å². The number of rotatable bonds is 7. The minimum atomic E-state index is -0.438. The van der Waals surface area contributed by atoms with Crippen LogP contribution in [0.4, 0.5) is 4.79 Å². The molecule has 0 saturated heterocycles. The van der Waals surface area contributed by atoms with Crippen LogP contribution in [0.25, 0.3) is 11.1 Å². The number of ether oxygens (including phenoxy) is 1. The lowest BCUT2D eigenvalue weighted by molar-refractivity contribution is 0.143. The lowest BCUT2D eigenvalue weighted by Gasteiger charge is -2.14. The first-order chi connectivity index (χ1) is 12.2. The van der Waals surface area contributed by atoms with Gasteiger partial charge in [0.05, 0.1) is 12.3 Å². The van der Waals surface area contributed by atoms with E-state index in [1.165, 1.54) is 22.3 Å². The van der Waals surface area contributed by atoms with Crippen molar-refractivity contribution in [3.63, 3.8) is 0 Å². The summed E-state index contributed by atoms with van der Waals surface area (Å²) in [6, 6.07) is 16.5. The third kappa shape index (κ3) is 4.00. The summed E-state index contributed by atoms with van der Waals surface area (Å²) in [4.78, 5) is 11.9. The Morgan fingerprint density at radius 1 is 1.04 bits per heavy atom. The molecular weight excluding hydrogens is 316 g/mol. The van der Waals surface area contributed by atoms with Crippen molar-refractivity contribution in [3.05, 3.63) is 72.0 Å². The van der Waals surface area contributed by atoms with E-state index in [-0.39, 0.29) is 11.7 Å². The third-order valence-corrected chi connectivity index (χ3v) is 4.24. The lowest BCUT2D eigenvalue weighted by atomic mass is 9.98. The monoisotopic (exact) mass is 338 g/mol. The van der Waals surface area contributed by atoms with Gasteiger partial charge in [-0.3, -0.25) is 0 Å². The van der Waals surface area contributed by atoms with Gasteiger partial charge in [0.25, 0.3) is 0 Å². The number of aliphatic hydroxyl groups excluding tert-OH is 1. The molecule has 0 heterocycles. The predicted octanol–water partition coefficient (Wildman–Crippen LogP) is 3.19. The number of hydrogen-bond donors (Lipinski definition) is 3. The number of benzene rings is 2. The highest BCUT2D eigenvalue weighted by Crippen LogP contribution is 2.44. The number of hydrogen-bond acceptors (Lipinski definition) is 4. The molecule has 130 valence electrons. The van der Waals surface area contributed by atoms with Crippen LogP contribution < -0.4 is 10.6 Å². The van der Waals surface area contributed by atoms with Gasteiger partial charge in [-0.25, -0.2) is 4.79 Å². The molecule has 0 aliphatic heterocycles. The Morgan fingerprint density at radius 2 is 1.64 bits per heavy atom. The Morgan fingerprint density at radius 3 is 2.24 bits per heavy atom. The molecule has 2 aromatic carbocycles. The standard InChI is InChI=1S/C20H22N2O3/c1-14(23)12-21-10-11-22-20(24)25-13-19-17-8-4-2-6-15(17)16-7-3-5-9-18(16)19/h2-9,19,21,23H,1,10-13H2,(H,22,24). The highest BCUT2D eigenvalue weighted by molar-refractivity contribution is 5.79. The zero-order valence-electron chi connectivity index (χ0n) is 14.0. The van der Waals surface area contributed by atoms with Crippen LogP contribution in [-0.2, 0) is 4.74 Å². The summed E-state index contributed by atoms with van der Waals surface area (Å²) in [6.07, 6.45) is -0.438. The van der Waals surface area contributed by atoms with Crippen molar-refractivity contribution in [2.45, 2.75) is 5.92 Å². The summed E-state index contributed by atoms with van der Waals surface area (Å²) in [7, 11) is 0. The van der Waals surface area contributed by atoms with Crippen molar-refractivity contribution in [1.82, 2.24) is 10.6 Å². The zero-order chi connectivity index (χ0) is 17.6.